The van der Waals surface area contributed by atoms with Crippen LogP contribution >= 0.6 is 22.6 Å². The molecule has 1 aliphatic heterocycles. The quantitative estimate of drug-likeness (QED) is 0.0570. The monoisotopic (exact) mass is 1550 g/mol. The third kappa shape index (κ3) is 18.2. The number of ether oxygens (including phenoxy) is 4. The van der Waals surface area contributed by atoms with Gasteiger partial charge in [0.2, 0.25) is 6.79 Å². The van der Waals surface area contributed by atoms with Crippen molar-refractivity contribution in [3.8, 4) is 11.5 Å². The Kier molecular flexibility index (Phi) is 27.2. The molecule has 9 aromatic carbocycles. The summed E-state index contributed by atoms with van der Waals surface area (Å²) in [5, 5.41) is 13.0. The van der Waals surface area contributed by atoms with E-state index in [1.54, 1.807) is 45.4 Å². The number of aryl methyl sites for hydroxylation is 3. The molecule has 0 spiro atoms. The molecule has 0 bridgehead atoms. The summed E-state index contributed by atoms with van der Waals surface area (Å²) in [6.07, 6.45) is 0. The van der Waals surface area contributed by atoms with Crippen LogP contribution in [0.25, 0.3) is 43.6 Å². The Morgan fingerprint density at radius 3 is 1.19 bits per heavy atom. The van der Waals surface area contributed by atoms with Crippen LogP contribution in [0, 0.1) is 0 Å². The molecule has 0 saturated carbocycles. The van der Waals surface area contributed by atoms with E-state index in [0.29, 0.717) is 56.4 Å². The number of halogens is 1. The van der Waals surface area contributed by atoms with Crippen LogP contribution in [0.1, 0.15) is 69.2 Å². The Bertz CT molecular complexity index is 6000. The second-order valence-electron chi connectivity index (χ2n) is 23.6. The van der Waals surface area contributed by atoms with E-state index in [0.717, 1.165) is 37.0 Å². The van der Waals surface area contributed by atoms with Gasteiger partial charge in [-0.05, 0) is 118 Å². The number of rotatable bonds is 14. The molecule has 542 valence electrons. The Labute approximate surface area is 632 Å². The minimum absolute atomic E-state index is 0. The van der Waals surface area contributed by atoms with Gasteiger partial charge in [-0.15, -0.1) is 0 Å². The molecule has 1 amide bonds. The van der Waals surface area contributed by atoms with E-state index in [4.69, 9.17) is 14.6 Å². The third-order valence-corrected chi connectivity index (χ3v) is 17.0. The molecule has 4 aromatic heterocycles. The van der Waals surface area contributed by atoms with Crippen LogP contribution in [0.4, 0.5) is 0 Å². The number of carbonyl (C=O) groups is 4. The van der Waals surface area contributed by atoms with Crippen molar-refractivity contribution in [2.45, 2.75) is 32.7 Å². The first-order valence-corrected chi connectivity index (χ1v) is 34.4. The number of aromatic amines is 1. The molecule has 0 unspecified atom stereocenters. The second kappa shape index (κ2) is 36.3. The van der Waals surface area contributed by atoms with Gasteiger partial charge in [0.25, 0.3) is 28.1 Å². The van der Waals surface area contributed by atoms with Crippen molar-refractivity contribution >= 4 is 90.0 Å². The summed E-state index contributed by atoms with van der Waals surface area (Å²) in [5.41, 5.74) is 3.31. The van der Waals surface area contributed by atoms with Crippen molar-refractivity contribution in [1.29, 1.82) is 0 Å². The van der Waals surface area contributed by atoms with Crippen molar-refractivity contribution < 1.29 is 67.6 Å². The van der Waals surface area contributed by atoms with Crippen LogP contribution < -0.4 is 78.6 Å². The Balaban J connectivity index is 0.000000180. The van der Waals surface area contributed by atoms with Gasteiger partial charge >= 0.3 is 59.5 Å². The SMILES string of the molecule is CI.COC(=O)c1ccc2[nH]c(=O)n(Cc3ccccc3)c(=O)c2c1.COC(=O)c1ccc2c(c1)c(=O)n(Cc1ccccc1)c(=O)n2C.Cn1c(=O)n(Cc2ccccc2)c(=O)c2cc(C(=O)NCc3ccc4c(c3)OCO4)ccc21.Cn1c(=O)n(Cc2ccccc2)c(=O)c2cc(C(=O)O)ccc21.[Li+].[OH-]. The minimum atomic E-state index is -1.12. The average molecular weight is 1550 g/mol. The molecule has 0 atom stereocenters. The third-order valence-electron chi connectivity index (χ3n) is 17.0. The van der Waals surface area contributed by atoms with Crippen LogP contribution in [0.2, 0.25) is 0 Å². The predicted molar refractivity (Wildman–Crippen MR) is 407 cm³/mol. The molecule has 0 fully saturated rings. The Hall–Kier alpha value is -12.5. The molecule has 5 heterocycles. The zero-order valence-corrected chi connectivity index (χ0v) is 61.0. The number of esters is 2. The molecule has 0 saturated heterocycles. The van der Waals surface area contributed by atoms with Crippen LogP contribution in [0.15, 0.2) is 251 Å². The zero-order chi connectivity index (χ0) is 75.2. The first-order valence-electron chi connectivity index (χ1n) is 32.2. The van der Waals surface area contributed by atoms with Gasteiger partial charge in [0.15, 0.2) is 11.5 Å². The largest absolute Gasteiger partial charge is 1.00 e. The fraction of sp³-hybridized carbons (Fsp3) is 0.154. The number of H-pyrrole nitrogens is 1. The summed E-state index contributed by atoms with van der Waals surface area (Å²) in [5.74, 6) is -1.18. The number of aromatic carboxylic acids is 1. The van der Waals surface area contributed by atoms with E-state index >= 15 is 0 Å². The maximum absolute atomic E-state index is 13.2. The minimum Gasteiger partial charge on any atom is -0.870 e. The maximum atomic E-state index is 13.2. The van der Waals surface area contributed by atoms with Crippen molar-refractivity contribution in [1.82, 2.24) is 42.3 Å². The van der Waals surface area contributed by atoms with E-state index < -0.39 is 62.9 Å². The Morgan fingerprint density at radius 1 is 0.430 bits per heavy atom. The van der Waals surface area contributed by atoms with Crippen LogP contribution in [0.3, 0.4) is 0 Å². The molecule has 4 N–H and O–H groups in total. The van der Waals surface area contributed by atoms with Gasteiger partial charge in [-0.2, -0.15) is 0 Å². The number of carbonyl (C=O) groups excluding carboxylic acids is 3. The molecule has 107 heavy (non-hydrogen) atoms. The van der Waals surface area contributed by atoms with Crippen molar-refractivity contribution in [2.24, 2.45) is 21.1 Å². The number of aromatic nitrogens is 8. The number of carboxylic acids is 1. The first kappa shape index (κ1) is 80.2. The van der Waals surface area contributed by atoms with E-state index in [9.17, 15) is 57.5 Å². The van der Waals surface area contributed by atoms with Crippen LogP contribution in [0.5, 0.6) is 11.5 Å². The fourth-order valence-electron chi connectivity index (χ4n) is 11.5. The topological polar surface area (TPSA) is 354 Å². The number of nitrogens with one attached hydrogen (secondary N) is 2. The molecule has 27 nitrogen and oxygen atoms in total. The average Bonchev–Trinajstić information content (AvgIpc) is 1.11. The molecule has 1 aliphatic rings. The molecule has 0 radical (unpaired) electrons. The number of hydrogen-bond donors (Lipinski definition) is 3. The Morgan fingerprint density at radius 2 is 0.776 bits per heavy atom. The predicted octanol–water partition coefficient (Wildman–Crippen LogP) is 4.79. The zero-order valence-electron chi connectivity index (χ0n) is 58.9. The van der Waals surface area contributed by atoms with Crippen molar-refractivity contribution in [3.05, 3.63) is 346 Å². The standard InChI is InChI=1S/C25H21N3O5.C18H16N2O4.2C17H14N2O4.CH3I.Li.H2O/c1-27-20-9-8-18(23(29)26-13-17-7-10-21-22(11-17)33-15-32-21)12-19(20)24(30)28(25(27)31)14-16-5-3-2-4-6-16;1-19-15-9-8-13(17(22)24-2)10-14(15)16(21)20(18(19)23)11-12-6-4-3-5-7-12;1-23-16(21)12-7-8-14-13(9-12)15(20)19(17(22)18-14)10-11-5-3-2-4-6-11;1-18-14-8-7-12(16(21)22)9-13(14)15(20)19(17(18)23)10-11-5-3-2-4-6-11;1-2;;/h2-12H,13-15H2,1H3,(H,26,29);3-10H,11H2,1-2H3;2-9H,10H2,1H3,(H,18,22);2-9H,10H2,1H3,(H,21,22);1H3;;1H2/q;;;;;+1;/p-1. The number of nitrogens with zero attached hydrogens (tertiary/aromatic N) is 7. The molecule has 13 aromatic rings. The summed E-state index contributed by atoms with van der Waals surface area (Å²) in [6, 6.07) is 60.4. The smallest absolute Gasteiger partial charge is 0.870 e. The van der Waals surface area contributed by atoms with Gasteiger partial charge in [-0.25, -0.2) is 33.6 Å². The van der Waals surface area contributed by atoms with Gasteiger partial charge in [0, 0.05) is 33.3 Å². The number of benzene rings is 9. The number of alkyl halides is 1. The summed E-state index contributed by atoms with van der Waals surface area (Å²) in [4.78, 5) is 153. The van der Waals surface area contributed by atoms with E-state index in [1.165, 1.54) is 91.7 Å². The van der Waals surface area contributed by atoms with E-state index in [-0.39, 0.29) is 90.7 Å². The van der Waals surface area contributed by atoms with Gasteiger partial charge in [0.05, 0.1) is 101 Å². The number of methoxy groups -OCH3 is 2. The summed E-state index contributed by atoms with van der Waals surface area (Å²) >= 11 is 2.15. The first-order chi connectivity index (χ1) is 50.6. The molecular formula is C78H69ILiN9O18. The summed E-state index contributed by atoms with van der Waals surface area (Å²) < 4.78 is 28.8. The molecule has 14 rings (SSSR count). The number of hydrogen-bond acceptors (Lipinski definition) is 17. The second-order valence-corrected chi connectivity index (χ2v) is 23.6. The fourth-order valence-corrected chi connectivity index (χ4v) is 11.5. The molecule has 0 aliphatic carbocycles. The number of carboxylic acid groups (broad SMARTS) is 1. The van der Waals surface area contributed by atoms with Crippen molar-refractivity contribution in [3.63, 3.8) is 0 Å². The van der Waals surface area contributed by atoms with Crippen molar-refractivity contribution in [2.75, 3.05) is 25.9 Å². The number of fused-ring (bicyclic) bond motifs is 5. The van der Waals surface area contributed by atoms with Crippen LogP contribution in [-0.2, 0) is 63.3 Å². The van der Waals surface area contributed by atoms with Crippen LogP contribution in [-0.4, -0.2) is 97.3 Å². The van der Waals surface area contributed by atoms with E-state index in [2.05, 4.69) is 42.4 Å². The maximum Gasteiger partial charge on any atom is 1.00 e. The normalized spacial score (nSPS) is 10.8. The van der Waals surface area contributed by atoms with Gasteiger partial charge < -0.3 is 39.8 Å². The number of amides is 1. The summed E-state index contributed by atoms with van der Waals surface area (Å²) in [7, 11) is 7.33. The van der Waals surface area contributed by atoms with Gasteiger partial charge in [0.1, 0.15) is 0 Å². The summed E-state index contributed by atoms with van der Waals surface area (Å²) in [6.45, 7) is 1.10. The van der Waals surface area contributed by atoms with E-state index in [1.807, 2.05) is 138 Å². The molecular weight excluding hydrogens is 1480 g/mol. The van der Waals surface area contributed by atoms with Gasteiger partial charge in [-0.3, -0.25) is 55.9 Å². The molecule has 29 heteroatoms. The van der Waals surface area contributed by atoms with Gasteiger partial charge in [-0.1, -0.05) is 150 Å².